The number of benzene rings is 1. The smallest absolute Gasteiger partial charge is 0.276 e. The number of thiocarbonyl (C=S) groups is 1. The molecule has 7 heteroatoms. The van der Waals surface area contributed by atoms with Gasteiger partial charge in [0, 0.05) is 6.04 Å². The van der Waals surface area contributed by atoms with Gasteiger partial charge in [-0.3, -0.25) is 9.69 Å². The summed E-state index contributed by atoms with van der Waals surface area (Å²) >= 11 is 8.88. The molecule has 1 aliphatic carbocycles. The van der Waals surface area contributed by atoms with Crippen LogP contribution in [0.2, 0.25) is 0 Å². The number of halogens is 1. The van der Waals surface area contributed by atoms with Gasteiger partial charge in [-0.15, -0.1) is 0 Å². The third kappa shape index (κ3) is 3.67. The van der Waals surface area contributed by atoms with Crippen LogP contribution in [-0.2, 0) is 4.79 Å². The summed E-state index contributed by atoms with van der Waals surface area (Å²) in [5.41, 5.74) is 1.32. The van der Waals surface area contributed by atoms with Crippen LogP contribution in [-0.4, -0.2) is 36.2 Å². The summed E-state index contributed by atoms with van der Waals surface area (Å²) in [5, 5.41) is 3.57. The highest BCUT2D eigenvalue weighted by Gasteiger charge is 2.36. The van der Waals surface area contributed by atoms with Gasteiger partial charge in [0.15, 0.2) is 16.6 Å². The topological polar surface area (TPSA) is 50.8 Å². The standard InChI is InChI=1S/C18H21BrN2O3S/c1-23-15-10-11(8-13(19)16(15)24-2)9-14-17(22)21(18(25)20-14)12-6-4-3-5-7-12/h8-10,12H,3-7H2,1-2H3,(H,20,25)/b14-9+. The van der Waals surface area contributed by atoms with Gasteiger partial charge in [0.2, 0.25) is 0 Å². The summed E-state index contributed by atoms with van der Waals surface area (Å²) in [7, 11) is 3.17. The molecular formula is C18H21BrN2O3S. The molecule has 1 aromatic rings. The fourth-order valence-electron chi connectivity index (χ4n) is 3.41. The number of hydrogen-bond acceptors (Lipinski definition) is 4. The first kappa shape index (κ1) is 18.2. The molecule has 1 amide bonds. The Morgan fingerprint density at radius 1 is 1.24 bits per heavy atom. The van der Waals surface area contributed by atoms with Gasteiger partial charge in [0.1, 0.15) is 5.70 Å². The Morgan fingerprint density at radius 2 is 1.96 bits per heavy atom. The zero-order valence-corrected chi connectivity index (χ0v) is 16.7. The van der Waals surface area contributed by atoms with Crippen LogP contribution in [0.3, 0.4) is 0 Å². The minimum absolute atomic E-state index is 0.0530. The summed E-state index contributed by atoms with van der Waals surface area (Å²) in [6, 6.07) is 3.93. The number of carbonyl (C=O) groups is 1. The Balaban J connectivity index is 1.88. The van der Waals surface area contributed by atoms with Crippen LogP contribution < -0.4 is 14.8 Å². The number of methoxy groups -OCH3 is 2. The zero-order valence-electron chi connectivity index (χ0n) is 14.3. The van der Waals surface area contributed by atoms with Crippen molar-refractivity contribution >= 4 is 45.2 Å². The van der Waals surface area contributed by atoms with Crippen molar-refractivity contribution in [3.8, 4) is 11.5 Å². The molecular weight excluding hydrogens is 404 g/mol. The lowest BCUT2D eigenvalue weighted by Crippen LogP contribution is -2.41. The second-order valence-electron chi connectivity index (χ2n) is 6.19. The Labute approximate surface area is 161 Å². The zero-order chi connectivity index (χ0) is 18.0. The van der Waals surface area contributed by atoms with Crippen molar-refractivity contribution in [2.75, 3.05) is 14.2 Å². The summed E-state index contributed by atoms with van der Waals surface area (Å²) in [4.78, 5) is 14.6. The molecule has 134 valence electrons. The van der Waals surface area contributed by atoms with Crippen LogP contribution in [0.25, 0.3) is 6.08 Å². The lowest BCUT2D eigenvalue weighted by Gasteiger charge is -2.29. The van der Waals surface area contributed by atoms with E-state index in [1.807, 2.05) is 12.1 Å². The first-order chi connectivity index (χ1) is 12.0. The lowest BCUT2D eigenvalue weighted by molar-refractivity contribution is -0.124. The SMILES string of the molecule is COc1cc(/C=C2/NC(=S)N(C3CCCCC3)C2=O)cc(Br)c1OC. The molecule has 0 atom stereocenters. The van der Waals surface area contributed by atoms with Crippen molar-refractivity contribution in [1.29, 1.82) is 0 Å². The maximum Gasteiger partial charge on any atom is 0.276 e. The first-order valence-electron chi connectivity index (χ1n) is 8.33. The Bertz CT molecular complexity index is 729. The summed E-state index contributed by atoms with van der Waals surface area (Å²) in [6.07, 6.45) is 7.37. The maximum atomic E-state index is 12.8. The Hall–Kier alpha value is -1.60. The number of nitrogens with one attached hydrogen (secondary N) is 1. The molecule has 25 heavy (non-hydrogen) atoms. The predicted octanol–water partition coefficient (Wildman–Crippen LogP) is 3.86. The van der Waals surface area contributed by atoms with E-state index in [1.165, 1.54) is 6.42 Å². The van der Waals surface area contributed by atoms with Crippen LogP contribution in [0.15, 0.2) is 22.3 Å². The van der Waals surface area contributed by atoms with Crippen molar-refractivity contribution < 1.29 is 14.3 Å². The van der Waals surface area contributed by atoms with E-state index < -0.39 is 0 Å². The number of rotatable bonds is 4. The molecule has 3 rings (SSSR count). The average molecular weight is 425 g/mol. The quantitative estimate of drug-likeness (QED) is 0.587. The van der Waals surface area contributed by atoms with Crippen LogP contribution in [0, 0.1) is 0 Å². The highest BCUT2D eigenvalue weighted by Crippen LogP contribution is 2.37. The van der Waals surface area contributed by atoms with Crippen molar-refractivity contribution in [3.63, 3.8) is 0 Å². The molecule has 5 nitrogen and oxygen atoms in total. The monoisotopic (exact) mass is 424 g/mol. The molecule has 2 aliphatic rings. The van der Waals surface area contributed by atoms with E-state index in [0.717, 1.165) is 35.7 Å². The number of ether oxygens (including phenoxy) is 2. The van der Waals surface area contributed by atoms with Gasteiger partial charge in [0.05, 0.1) is 18.7 Å². The Morgan fingerprint density at radius 3 is 2.60 bits per heavy atom. The molecule has 1 aliphatic heterocycles. The molecule has 2 fully saturated rings. The highest BCUT2D eigenvalue weighted by atomic mass is 79.9. The van der Waals surface area contributed by atoms with E-state index >= 15 is 0 Å². The van der Waals surface area contributed by atoms with Crippen molar-refractivity contribution in [1.82, 2.24) is 10.2 Å². The van der Waals surface area contributed by atoms with Gasteiger partial charge in [-0.1, -0.05) is 19.3 Å². The fraction of sp³-hybridized carbons (Fsp3) is 0.444. The lowest BCUT2D eigenvalue weighted by atomic mass is 9.94. The number of amides is 1. The van der Waals surface area contributed by atoms with Gasteiger partial charge in [0.25, 0.3) is 5.91 Å². The predicted molar refractivity (Wildman–Crippen MR) is 105 cm³/mol. The number of carbonyl (C=O) groups excluding carboxylic acids is 1. The molecule has 0 bridgehead atoms. The molecule has 0 aromatic heterocycles. The largest absolute Gasteiger partial charge is 0.493 e. The molecule has 0 spiro atoms. The molecule has 1 heterocycles. The Kier molecular flexibility index (Phi) is 5.64. The minimum Gasteiger partial charge on any atom is -0.493 e. The molecule has 0 unspecified atom stereocenters. The van der Waals surface area contributed by atoms with E-state index in [2.05, 4.69) is 21.2 Å². The van der Waals surface area contributed by atoms with Gasteiger partial charge >= 0.3 is 0 Å². The third-order valence-corrected chi connectivity index (χ3v) is 5.50. The van der Waals surface area contributed by atoms with Crippen molar-refractivity contribution in [2.24, 2.45) is 0 Å². The first-order valence-corrected chi connectivity index (χ1v) is 9.53. The second kappa shape index (κ2) is 7.74. The number of nitrogens with zero attached hydrogens (tertiary/aromatic N) is 1. The number of hydrogen-bond donors (Lipinski definition) is 1. The molecule has 0 radical (unpaired) electrons. The van der Waals surface area contributed by atoms with E-state index in [1.54, 1.807) is 25.2 Å². The van der Waals surface area contributed by atoms with Gasteiger partial charge < -0.3 is 14.8 Å². The van der Waals surface area contributed by atoms with Crippen LogP contribution in [0.5, 0.6) is 11.5 Å². The van der Waals surface area contributed by atoms with E-state index in [4.69, 9.17) is 21.7 Å². The second-order valence-corrected chi connectivity index (χ2v) is 7.43. The van der Waals surface area contributed by atoms with Crippen molar-refractivity contribution in [3.05, 3.63) is 27.9 Å². The minimum atomic E-state index is -0.0530. The normalized spacial score (nSPS) is 20.1. The molecule has 1 aromatic carbocycles. The summed E-state index contributed by atoms with van der Waals surface area (Å²) in [5.74, 6) is 1.17. The molecule has 1 N–H and O–H groups in total. The van der Waals surface area contributed by atoms with E-state index in [0.29, 0.717) is 22.3 Å². The fourth-order valence-corrected chi connectivity index (χ4v) is 4.37. The summed E-state index contributed by atoms with van der Waals surface area (Å²) in [6.45, 7) is 0. The van der Waals surface area contributed by atoms with Crippen LogP contribution in [0.1, 0.15) is 37.7 Å². The van der Waals surface area contributed by atoms with Gasteiger partial charge in [-0.2, -0.15) is 0 Å². The van der Waals surface area contributed by atoms with Crippen LogP contribution >= 0.6 is 28.1 Å². The van der Waals surface area contributed by atoms with Gasteiger partial charge in [-0.25, -0.2) is 0 Å². The third-order valence-electron chi connectivity index (χ3n) is 4.62. The molecule has 1 saturated carbocycles. The van der Waals surface area contributed by atoms with Crippen LogP contribution in [0.4, 0.5) is 0 Å². The highest BCUT2D eigenvalue weighted by molar-refractivity contribution is 9.10. The van der Waals surface area contributed by atoms with Gasteiger partial charge in [-0.05, 0) is 64.8 Å². The molecule has 1 saturated heterocycles. The maximum absolute atomic E-state index is 12.8. The summed E-state index contributed by atoms with van der Waals surface area (Å²) < 4.78 is 11.4. The average Bonchev–Trinajstić information content (AvgIpc) is 2.88. The van der Waals surface area contributed by atoms with E-state index in [9.17, 15) is 4.79 Å². The van der Waals surface area contributed by atoms with Crippen molar-refractivity contribution in [2.45, 2.75) is 38.1 Å². The van der Waals surface area contributed by atoms with E-state index in [-0.39, 0.29) is 11.9 Å².